The number of nitrogens with one attached hydrogen (secondary N) is 2. The molecule has 0 aliphatic rings. The number of ether oxygens (including phenoxy) is 1. The van der Waals surface area contributed by atoms with Crippen LogP contribution in [0.4, 0.5) is 0 Å². The van der Waals surface area contributed by atoms with Crippen LogP contribution >= 0.6 is 0 Å². The molecule has 0 saturated heterocycles. The Morgan fingerprint density at radius 2 is 1.79 bits per heavy atom. The Hall–Kier alpha value is -3.41. The van der Waals surface area contributed by atoms with Gasteiger partial charge in [-0.05, 0) is 49.2 Å². The van der Waals surface area contributed by atoms with Gasteiger partial charge in [0.2, 0.25) is 0 Å². The normalized spacial score (nSPS) is 11.3. The number of amides is 2. The van der Waals surface area contributed by atoms with Crippen molar-refractivity contribution in [1.82, 2.24) is 10.7 Å². The van der Waals surface area contributed by atoms with Crippen molar-refractivity contribution < 1.29 is 14.3 Å². The largest absolute Gasteiger partial charge is 0.494 e. The van der Waals surface area contributed by atoms with Crippen molar-refractivity contribution in [3.63, 3.8) is 0 Å². The zero-order chi connectivity index (χ0) is 20.9. The fourth-order valence-corrected chi connectivity index (χ4v) is 2.31. The third kappa shape index (κ3) is 8.43. The first-order valence-corrected chi connectivity index (χ1v) is 9.66. The standard InChI is InChI=1S/C23H27N3O3/c1-3-4-16-29-21-14-12-20(13-15-21)23(28)24-17-22(27)26-25-18(2)10-11-19-8-6-5-7-9-19/h5-15H,3-4,16-17H2,1-2H3,(H,24,28)(H,26,27). The van der Waals surface area contributed by atoms with E-state index in [0.29, 0.717) is 17.9 Å². The van der Waals surface area contributed by atoms with Gasteiger partial charge in [-0.15, -0.1) is 0 Å². The third-order valence-corrected chi connectivity index (χ3v) is 3.97. The number of hydrogen-bond donors (Lipinski definition) is 2. The molecule has 0 saturated carbocycles. The van der Waals surface area contributed by atoms with E-state index in [2.05, 4.69) is 22.8 Å². The molecule has 2 amide bonds. The molecule has 2 N–H and O–H groups in total. The van der Waals surface area contributed by atoms with Crippen LogP contribution in [0.1, 0.15) is 42.6 Å². The molecular formula is C23H27N3O3. The second kappa shape index (κ2) is 12.1. The molecule has 29 heavy (non-hydrogen) atoms. The maximum absolute atomic E-state index is 12.1. The SMILES string of the molecule is CCCCOc1ccc(C(=O)NCC(=O)NN=C(C)C=Cc2ccccc2)cc1. The number of carbonyl (C=O) groups is 2. The van der Waals surface area contributed by atoms with Crippen LogP contribution in [0.3, 0.4) is 0 Å². The van der Waals surface area contributed by atoms with Crippen LogP contribution in [0.2, 0.25) is 0 Å². The quantitative estimate of drug-likeness (QED) is 0.366. The molecule has 2 aromatic carbocycles. The lowest BCUT2D eigenvalue weighted by molar-refractivity contribution is -0.120. The Balaban J connectivity index is 1.75. The molecule has 152 valence electrons. The van der Waals surface area contributed by atoms with Gasteiger partial charge in [0, 0.05) is 5.56 Å². The van der Waals surface area contributed by atoms with Crippen LogP contribution < -0.4 is 15.5 Å². The van der Waals surface area contributed by atoms with Crippen LogP contribution in [0.5, 0.6) is 5.75 Å². The molecule has 0 aromatic heterocycles. The van der Waals surface area contributed by atoms with Crippen LogP contribution in [-0.4, -0.2) is 30.7 Å². The summed E-state index contributed by atoms with van der Waals surface area (Å²) in [5.41, 5.74) is 4.58. The minimum Gasteiger partial charge on any atom is -0.494 e. The summed E-state index contributed by atoms with van der Waals surface area (Å²) in [4.78, 5) is 24.0. The van der Waals surface area contributed by atoms with E-state index in [4.69, 9.17) is 4.74 Å². The van der Waals surface area contributed by atoms with Gasteiger partial charge in [-0.25, -0.2) is 5.43 Å². The molecule has 6 nitrogen and oxygen atoms in total. The molecule has 0 fully saturated rings. The van der Waals surface area contributed by atoms with E-state index < -0.39 is 5.91 Å². The van der Waals surface area contributed by atoms with Crippen molar-refractivity contribution in [2.45, 2.75) is 26.7 Å². The van der Waals surface area contributed by atoms with E-state index in [9.17, 15) is 9.59 Å². The van der Waals surface area contributed by atoms with Gasteiger partial charge < -0.3 is 10.1 Å². The van der Waals surface area contributed by atoms with E-state index in [0.717, 1.165) is 24.2 Å². The van der Waals surface area contributed by atoms with Crippen molar-refractivity contribution in [2.75, 3.05) is 13.2 Å². The Bertz CT molecular complexity index is 843. The molecule has 6 heteroatoms. The molecule has 0 heterocycles. The Kier molecular flexibility index (Phi) is 9.15. The second-order valence-corrected chi connectivity index (χ2v) is 6.44. The second-order valence-electron chi connectivity index (χ2n) is 6.44. The van der Waals surface area contributed by atoms with E-state index >= 15 is 0 Å². The Labute approximate surface area is 171 Å². The van der Waals surface area contributed by atoms with Crippen LogP contribution in [-0.2, 0) is 4.79 Å². The maximum Gasteiger partial charge on any atom is 0.259 e. The molecule has 0 aliphatic carbocycles. The lowest BCUT2D eigenvalue weighted by Crippen LogP contribution is -2.35. The number of hydrogen-bond acceptors (Lipinski definition) is 4. The van der Waals surface area contributed by atoms with Gasteiger partial charge in [-0.3, -0.25) is 9.59 Å². The summed E-state index contributed by atoms with van der Waals surface area (Å²) < 4.78 is 5.57. The number of unbranched alkanes of at least 4 members (excludes halogenated alkanes) is 1. The monoisotopic (exact) mass is 393 g/mol. The lowest BCUT2D eigenvalue weighted by atomic mass is 10.2. The highest BCUT2D eigenvalue weighted by Gasteiger charge is 2.08. The first-order valence-electron chi connectivity index (χ1n) is 9.66. The maximum atomic E-state index is 12.1. The van der Waals surface area contributed by atoms with Crippen molar-refractivity contribution in [2.24, 2.45) is 5.10 Å². The molecule has 2 rings (SSSR count). The van der Waals surface area contributed by atoms with Crippen LogP contribution in [0.25, 0.3) is 6.08 Å². The molecule has 0 spiro atoms. The molecule has 0 atom stereocenters. The highest BCUT2D eigenvalue weighted by molar-refractivity contribution is 5.98. The number of hydrazone groups is 1. The van der Waals surface area contributed by atoms with E-state index in [1.165, 1.54) is 0 Å². The molecule has 2 aromatic rings. The summed E-state index contributed by atoms with van der Waals surface area (Å²) in [6, 6.07) is 16.6. The first kappa shape index (κ1) is 21.9. The Morgan fingerprint density at radius 1 is 1.07 bits per heavy atom. The van der Waals surface area contributed by atoms with Crippen molar-refractivity contribution in [1.29, 1.82) is 0 Å². The van der Waals surface area contributed by atoms with Gasteiger partial charge in [0.1, 0.15) is 5.75 Å². The average Bonchev–Trinajstić information content (AvgIpc) is 2.76. The predicted octanol–water partition coefficient (Wildman–Crippen LogP) is 3.80. The molecule has 0 aliphatic heterocycles. The van der Waals surface area contributed by atoms with E-state index in [1.54, 1.807) is 37.3 Å². The fourth-order valence-electron chi connectivity index (χ4n) is 2.31. The number of allylic oxidation sites excluding steroid dienone is 1. The van der Waals surface area contributed by atoms with Crippen molar-refractivity contribution >= 4 is 23.6 Å². The van der Waals surface area contributed by atoms with Gasteiger partial charge >= 0.3 is 0 Å². The summed E-state index contributed by atoms with van der Waals surface area (Å²) in [6.07, 6.45) is 5.76. The van der Waals surface area contributed by atoms with Gasteiger partial charge in [0.25, 0.3) is 11.8 Å². The lowest BCUT2D eigenvalue weighted by Gasteiger charge is -2.07. The van der Waals surface area contributed by atoms with Gasteiger partial charge in [-0.1, -0.05) is 49.8 Å². The minimum absolute atomic E-state index is 0.160. The summed E-state index contributed by atoms with van der Waals surface area (Å²) in [5.74, 6) is -0.00336. The van der Waals surface area contributed by atoms with Crippen LogP contribution in [0, 0.1) is 0 Å². The highest BCUT2D eigenvalue weighted by atomic mass is 16.5. The number of rotatable bonds is 10. The van der Waals surface area contributed by atoms with Crippen molar-refractivity contribution in [3.8, 4) is 5.75 Å². The highest BCUT2D eigenvalue weighted by Crippen LogP contribution is 2.12. The zero-order valence-corrected chi connectivity index (χ0v) is 16.9. The van der Waals surface area contributed by atoms with Gasteiger partial charge in [-0.2, -0.15) is 5.10 Å². The molecule has 0 bridgehead atoms. The van der Waals surface area contributed by atoms with Crippen LogP contribution in [0.15, 0.2) is 65.8 Å². The average molecular weight is 393 g/mol. The number of nitrogens with zero attached hydrogens (tertiary/aromatic N) is 1. The fraction of sp³-hybridized carbons (Fsp3) is 0.261. The van der Waals surface area contributed by atoms with E-state index in [-0.39, 0.29) is 12.5 Å². The summed E-state index contributed by atoms with van der Waals surface area (Å²) >= 11 is 0. The minimum atomic E-state index is -0.398. The molecular weight excluding hydrogens is 366 g/mol. The summed E-state index contributed by atoms with van der Waals surface area (Å²) in [7, 11) is 0. The molecule has 0 radical (unpaired) electrons. The zero-order valence-electron chi connectivity index (χ0n) is 16.9. The van der Waals surface area contributed by atoms with E-state index in [1.807, 2.05) is 36.4 Å². The van der Waals surface area contributed by atoms with Crippen molar-refractivity contribution in [3.05, 3.63) is 71.8 Å². The number of benzene rings is 2. The number of carbonyl (C=O) groups excluding carboxylic acids is 2. The third-order valence-electron chi connectivity index (χ3n) is 3.97. The molecule has 0 unspecified atom stereocenters. The van der Waals surface area contributed by atoms with Gasteiger partial charge in [0.05, 0.1) is 18.9 Å². The summed E-state index contributed by atoms with van der Waals surface area (Å²) in [6.45, 7) is 4.37. The smallest absolute Gasteiger partial charge is 0.259 e. The predicted molar refractivity (Wildman–Crippen MR) is 116 cm³/mol. The first-order chi connectivity index (χ1) is 14.1. The Morgan fingerprint density at radius 3 is 2.48 bits per heavy atom. The topological polar surface area (TPSA) is 79.8 Å². The van der Waals surface area contributed by atoms with Gasteiger partial charge in [0.15, 0.2) is 0 Å². The summed E-state index contributed by atoms with van der Waals surface area (Å²) in [5, 5.41) is 6.57.